The number of halogens is 1. The molecule has 0 amide bonds. The lowest BCUT2D eigenvalue weighted by atomic mass is 10.2. The van der Waals surface area contributed by atoms with Crippen molar-refractivity contribution in [3.8, 4) is 6.07 Å². The van der Waals surface area contributed by atoms with E-state index in [4.69, 9.17) is 11.0 Å². The van der Waals surface area contributed by atoms with E-state index in [0.717, 1.165) is 10.4 Å². The maximum absolute atomic E-state index is 13.6. The molecule has 0 spiro atoms. The number of hydrogen-bond donors (Lipinski definition) is 1. The van der Waals surface area contributed by atoms with E-state index in [9.17, 15) is 12.8 Å². The molecule has 0 aliphatic rings. The summed E-state index contributed by atoms with van der Waals surface area (Å²) >= 11 is 0. The van der Waals surface area contributed by atoms with Gasteiger partial charge in [-0.05, 0) is 19.1 Å². The summed E-state index contributed by atoms with van der Waals surface area (Å²) in [5, 5.41) is 8.54. The quantitative estimate of drug-likeness (QED) is 0.833. The number of nitrogens with two attached hydrogens (primary N) is 1. The minimum atomic E-state index is -3.84. The highest BCUT2D eigenvalue weighted by molar-refractivity contribution is 7.89. The van der Waals surface area contributed by atoms with Crippen molar-refractivity contribution in [2.45, 2.75) is 25.2 Å². The Labute approximate surface area is 112 Å². The number of rotatable bonds is 5. The molecule has 0 bridgehead atoms. The predicted molar refractivity (Wildman–Crippen MR) is 70.2 cm³/mol. The Bertz CT molecular complexity index is 608. The average molecular weight is 285 g/mol. The van der Waals surface area contributed by atoms with Crippen LogP contribution in [0.3, 0.4) is 0 Å². The van der Waals surface area contributed by atoms with Gasteiger partial charge in [0.2, 0.25) is 10.0 Å². The second-order valence-corrected chi connectivity index (χ2v) is 5.94. The molecular formula is C12H16FN3O2S. The van der Waals surface area contributed by atoms with Crippen molar-refractivity contribution in [1.82, 2.24) is 4.31 Å². The summed E-state index contributed by atoms with van der Waals surface area (Å²) < 4.78 is 39.5. The number of anilines is 1. The van der Waals surface area contributed by atoms with Crippen molar-refractivity contribution in [2.24, 2.45) is 0 Å². The zero-order valence-corrected chi connectivity index (χ0v) is 11.7. The van der Waals surface area contributed by atoms with Crippen molar-refractivity contribution >= 4 is 15.7 Å². The normalized spacial score (nSPS) is 11.5. The maximum Gasteiger partial charge on any atom is 0.243 e. The number of nitrogens with zero attached hydrogens (tertiary/aromatic N) is 2. The van der Waals surface area contributed by atoms with E-state index in [0.29, 0.717) is 0 Å². The summed E-state index contributed by atoms with van der Waals surface area (Å²) in [4.78, 5) is -0.148. The molecule has 0 aliphatic carbocycles. The summed E-state index contributed by atoms with van der Waals surface area (Å²) in [7, 11) is -3.84. The molecule has 7 heteroatoms. The molecular weight excluding hydrogens is 269 g/mol. The fraction of sp³-hybridized carbons (Fsp3) is 0.417. The van der Waals surface area contributed by atoms with Gasteiger partial charge in [-0.3, -0.25) is 0 Å². The van der Waals surface area contributed by atoms with Gasteiger partial charge in [-0.15, -0.1) is 0 Å². The number of hydrogen-bond acceptors (Lipinski definition) is 4. The minimum Gasteiger partial charge on any atom is -0.399 e. The first-order valence-corrected chi connectivity index (χ1v) is 7.21. The van der Waals surface area contributed by atoms with Gasteiger partial charge in [-0.25, -0.2) is 12.8 Å². The molecule has 2 N–H and O–H groups in total. The molecule has 104 valence electrons. The van der Waals surface area contributed by atoms with Crippen LogP contribution in [-0.2, 0) is 10.0 Å². The molecule has 1 aromatic rings. The maximum atomic E-state index is 13.6. The van der Waals surface area contributed by atoms with E-state index in [1.165, 1.54) is 13.0 Å². The van der Waals surface area contributed by atoms with Crippen LogP contribution in [0.1, 0.15) is 18.9 Å². The third kappa shape index (κ3) is 3.22. The monoisotopic (exact) mass is 285 g/mol. The van der Waals surface area contributed by atoms with Crippen molar-refractivity contribution in [3.05, 3.63) is 23.5 Å². The van der Waals surface area contributed by atoms with Crippen LogP contribution in [0.5, 0.6) is 0 Å². The van der Waals surface area contributed by atoms with Crippen LogP contribution in [0.15, 0.2) is 17.0 Å². The number of sulfonamides is 1. The van der Waals surface area contributed by atoms with E-state index < -0.39 is 15.8 Å². The lowest BCUT2D eigenvalue weighted by molar-refractivity contribution is 0.434. The Morgan fingerprint density at radius 2 is 2.11 bits per heavy atom. The SMILES string of the molecule is CCN(CCC#N)S(=O)(=O)c1cc(N)cc(F)c1C. The van der Waals surface area contributed by atoms with Gasteiger partial charge < -0.3 is 5.73 Å². The zero-order valence-electron chi connectivity index (χ0n) is 10.9. The van der Waals surface area contributed by atoms with Gasteiger partial charge in [0.15, 0.2) is 0 Å². The molecule has 0 saturated heterocycles. The third-order valence-corrected chi connectivity index (χ3v) is 4.86. The van der Waals surface area contributed by atoms with E-state index in [2.05, 4.69) is 0 Å². The fourth-order valence-corrected chi connectivity index (χ4v) is 3.42. The van der Waals surface area contributed by atoms with Gasteiger partial charge in [0.25, 0.3) is 0 Å². The van der Waals surface area contributed by atoms with Gasteiger partial charge in [0, 0.05) is 30.8 Å². The van der Waals surface area contributed by atoms with Crippen LogP contribution in [0.2, 0.25) is 0 Å². The third-order valence-electron chi connectivity index (χ3n) is 2.76. The van der Waals surface area contributed by atoms with E-state index in [-0.39, 0.29) is 35.7 Å². The molecule has 0 atom stereocenters. The number of nitriles is 1. The first-order valence-electron chi connectivity index (χ1n) is 5.77. The molecule has 0 heterocycles. The van der Waals surface area contributed by atoms with Crippen LogP contribution < -0.4 is 5.73 Å². The summed E-state index contributed by atoms with van der Waals surface area (Å²) in [5.74, 6) is -0.657. The Hall–Kier alpha value is -1.65. The van der Waals surface area contributed by atoms with Gasteiger partial charge >= 0.3 is 0 Å². The molecule has 0 unspecified atom stereocenters. The van der Waals surface area contributed by atoms with Crippen molar-refractivity contribution < 1.29 is 12.8 Å². The summed E-state index contributed by atoms with van der Waals surface area (Å²) in [6, 6.07) is 4.21. The second-order valence-electron chi connectivity index (χ2n) is 4.03. The minimum absolute atomic E-state index is 0.0320. The second kappa shape index (κ2) is 5.99. The van der Waals surface area contributed by atoms with Crippen LogP contribution in [-0.4, -0.2) is 25.8 Å². The first kappa shape index (κ1) is 15.4. The highest BCUT2D eigenvalue weighted by Crippen LogP contribution is 2.24. The number of nitrogen functional groups attached to an aromatic ring is 1. The Balaban J connectivity index is 3.30. The molecule has 0 aliphatic heterocycles. The lowest BCUT2D eigenvalue weighted by Gasteiger charge is -2.20. The van der Waals surface area contributed by atoms with Crippen LogP contribution >= 0.6 is 0 Å². The Morgan fingerprint density at radius 1 is 1.47 bits per heavy atom. The van der Waals surface area contributed by atoms with Crippen molar-refractivity contribution in [1.29, 1.82) is 5.26 Å². The molecule has 1 rings (SSSR count). The smallest absolute Gasteiger partial charge is 0.243 e. The van der Waals surface area contributed by atoms with Gasteiger partial charge in [0.1, 0.15) is 5.82 Å². The average Bonchev–Trinajstić information content (AvgIpc) is 2.34. The molecule has 0 radical (unpaired) electrons. The molecule has 5 nitrogen and oxygen atoms in total. The molecule has 19 heavy (non-hydrogen) atoms. The summed E-state index contributed by atoms with van der Waals surface area (Å²) in [6.07, 6.45) is 0.0803. The lowest BCUT2D eigenvalue weighted by Crippen LogP contribution is -2.32. The highest BCUT2D eigenvalue weighted by Gasteiger charge is 2.26. The van der Waals surface area contributed by atoms with Gasteiger partial charge in [-0.1, -0.05) is 6.92 Å². The van der Waals surface area contributed by atoms with E-state index in [1.807, 2.05) is 6.07 Å². The van der Waals surface area contributed by atoms with E-state index in [1.54, 1.807) is 6.92 Å². The van der Waals surface area contributed by atoms with Gasteiger partial charge in [0.05, 0.1) is 11.0 Å². The summed E-state index contributed by atoms with van der Waals surface area (Å²) in [6.45, 7) is 3.33. The van der Waals surface area contributed by atoms with E-state index >= 15 is 0 Å². The Morgan fingerprint density at radius 3 is 2.63 bits per heavy atom. The molecule has 1 aromatic carbocycles. The number of benzene rings is 1. The predicted octanol–water partition coefficient (Wildman–Crippen LogP) is 1.64. The van der Waals surface area contributed by atoms with Crippen molar-refractivity contribution in [2.75, 3.05) is 18.8 Å². The standard InChI is InChI=1S/C12H16FN3O2S/c1-3-16(6-4-5-14)19(17,18)12-8-10(15)7-11(13)9(12)2/h7-8H,3-4,6,15H2,1-2H3. The van der Waals surface area contributed by atoms with Gasteiger partial charge in [-0.2, -0.15) is 9.57 Å². The first-order chi connectivity index (χ1) is 8.84. The van der Waals surface area contributed by atoms with Crippen molar-refractivity contribution in [3.63, 3.8) is 0 Å². The molecule has 0 saturated carbocycles. The topological polar surface area (TPSA) is 87.2 Å². The Kier molecular flexibility index (Phi) is 4.86. The molecule has 0 aromatic heterocycles. The van der Waals surface area contributed by atoms with Crippen LogP contribution in [0.4, 0.5) is 10.1 Å². The zero-order chi connectivity index (χ0) is 14.6. The summed E-state index contributed by atoms with van der Waals surface area (Å²) in [5.41, 5.74) is 5.58. The van der Waals surface area contributed by atoms with Crippen LogP contribution in [0.25, 0.3) is 0 Å². The molecule has 0 fully saturated rings. The largest absolute Gasteiger partial charge is 0.399 e. The fourth-order valence-electron chi connectivity index (χ4n) is 1.70. The van der Waals surface area contributed by atoms with Crippen LogP contribution in [0, 0.1) is 24.1 Å². The highest BCUT2D eigenvalue weighted by atomic mass is 32.2.